The molecule has 1 aromatic rings. The number of aromatic nitrogens is 2. The zero-order valence-corrected chi connectivity index (χ0v) is 17.3. The van der Waals surface area contributed by atoms with Gasteiger partial charge >= 0.3 is 0 Å². The minimum atomic E-state index is -3.00. The van der Waals surface area contributed by atoms with E-state index < -0.39 is 9.84 Å². The summed E-state index contributed by atoms with van der Waals surface area (Å²) in [5.74, 6) is 0.764. The van der Waals surface area contributed by atoms with Crippen molar-refractivity contribution >= 4 is 21.7 Å². The van der Waals surface area contributed by atoms with Gasteiger partial charge in [0, 0.05) is 30.9 Å². The van der Waals surface area contributed by atoms with Crippen molar-refractivity contribution in [2.24, 2.45) is 0 Å². The Balaban J connectivity index is 1.88. The van der Waals surface area contributed by atoms with E-state index in [1.165, 1.54) is 0 Å². The number of hydrogen-bond donors (Lipinski definition) is 0. The van der Waals surface area contributed by atoms with Gasteiger partial charge in [-0.2, -0.15) is 0 Å². The lowest BCUT2D eigenvalue weighted by Gasteiger charge is -2.35. The molecule has 0 N–H and O–H groups in total. The third-order valence-electron chi connectivity index (χ3n) is 5.67. The van der Waals surface area contributed by atoms with Gasteiger partial charge in [0.25, 0.3) is 5.91 Å². The molecule has 0 spiro atoms. The molecule has 8 heteroatoms. The fourth-order valence-corrected chi connectivity index (χ4v) is 5.95. The summed E-state index contributed by atoms with van der Waals surface area (Å²) in [6.45, 7) is 7.32. The summed E-state index contributed by atoms with van der Waals surface area (Å²) in [6.07, 6.45) is 4.76. The Hall–Kier alpha value is -1.70. The van der Waals surface area contributed by atoms with E-state index in [1.54, 1.807) is 6.07 Å². The zero-order valence-electron chi connectivity index (χ0n) is 16.5. The monoisotopic (exact) mass is 394 g/mol. The molecule has 150 valence electrons. The van der Waals surface area contributed by atoms with Crippen LogP contribution in [0.3, 0.4) is 0 Å². The van der Waals surface area contributed by atoms with Gasteiger partial charge < -0.3 is 9.80 Å². The van der Waals surface area contributed by atoms with Crippen LogP contribution in [0.25, 0.3) is 0 Å². The molecule has 27 heavy (non-hydrogen) atoms. The van der Waals surface area contributed by atoms with Gasteiger partial charge in [-0.1, -0.05) is 6.92 Å². The topological polar surface area (TPSA) is 83.5 Å². The summed E-state index contributed by atoms with van der Waals surface area (Å²) in [5, 5.41) is 0. The summed E-state index contributed by atoms with van der Waals surface area (Å²) in [4.78, 5) is 26.1. The molecule has 2 aliphatic rings. The van der Waals surface area contributed by atoms with Crippen LogP contribution in [0.2, 0.25) is 0 Å². The molecule has 2 atom stereocenters. The predicted molar refractivity (Wildman–Crippen MR) is 106 cm³/mol. The van der Waals surface area contributed by atoms with Gasteiger partial charge in [0.1, 0.15) is 5.69 Å². The number of piperidine rings is 1. The summed E-state index contributed by atoms with van der Waals surface area (Å²) >= 11 is 0. The van der Waals surface area contributed by atoms with E-state index in [0.717, 1.165) is 37.9 Å². The van der Waals surface area contributed by atoms with Crippen molar-refractivity contribution in [1.82, 2.24) is 14.9 Å². The van der Waals surface area contributed by atoms with E-state index in [9.17, 15) is 13.2 Å². The molecule has 0 aromatic carbocycles. The number of hydrogen-bond acceptors (Lipinski definition) is 6. The first-order chi connectivity index (χ1) is 12.8. The average Bonchev–Trinajstić information content (AvgIpc) is 3.00. The highest BCUT2D eigenvalue weighted by Gasteiger charge is 2.34. The van der Waals surface area contributed by atoms with Crippen LogP contribution < -0.4 is 4.90 Å². The number of rotatable bonds is 5. The molecule has 2 saturated heterocycles. The summed E-state index contributed by atoms with van der Waals surface area (Å²) in [7, 11) is -3.00. The van der Waals surface area contributed by atoms with E-state index in [4.69, 9.17) is 0 Å². The minimum absolute atomic E-state index is 0.0385. The lowest BCUT2D eigenvalue weighted by Crippen LogP contribution is -2.44. The molecule has 0 aliphatic carbocycles. The molecule has 1 amide bonds. The highest BCUT2D eigenvalue weighted by molar-refractivity contribution is 7.91. The average molecular weight is 395 g/mol. The van der Waals surface area contributed by atoms with Crippen molar-refractivity contribution in [2.45, 2.75) is 65.0 Å². The lowest BCUT2D eigenvalue weighted by atomic mass is 9.99. The number of likely N-dealkylation sites (tertiary alicyclic amines) is 1. The third kappa shape index (κ3) is 4.42. The Kier molecular flexibility index (Phi) is 6.03. The van der Waals surface area contributed by atoms with Gasteiger partial charge in [0.05, 0.1) is 11.5 Å². The number of aryl methyl sites for hydroxylation is 1. The van der Waals surface area contributed by atoms with Crippen molar-refractivity contribution in [2.75, 3.05) is 29.5 Å². The van der Waals surface area contributed by atoms with Crippen LogP contribution in [0, 0.1) is 6.92 Å². The Morgan fingerprint density at radius 2 is 2.04 bits per heavy atom. The number of nitrogens with zero attached hydrogens (tertiary/aromatic N) is 4. The maximum absolute atomic E-state index is 13.1. The highest BCUT2D eigenvalue weighted by Crippen LogP contribution is 2.24. The standard InChI is InChI=1S/C19H30N4O3S/c1-4-15-8-6-7-10-23(15)18(24)17-12-14(3)20-19(21-17)22(5-2)16-9-11-27(25,26)13-16/h12,15-16H,4-11,13H2,1-3H3. The van der Waals surface area contributed by atoms with Crippen molar-refractivity contribution in [3.05, 3.63) is 17.5 Å². The van der Waals surface area contributed by atoms with Gasteiger partial charge in [0.15, 0.2) is 9.84 Å². The Labute approximate surface area is 162 Å². The third-order valence-corrected chi connectivity index (χ3v) is 7.42. The van der Waals surface area contributed by atoms with E-state index in [1.807, 2.05) is 23.6 Å². The second-order valence-corrected chi connectivity index (χ2v) is 9.82. The second kappa shape index (κ2) is 8.12. The molecular weight excluding hydrogens is 364 g/mol. The molecule has 3 rings (SSSR count). The van der Waals surface area contributed by atoms with Gasteiger partial charge in [-0.05, 0) is 52.0 Å². The number of anilines is 1. The minimum Gasteiger partial charge on any atom is -0.337 e. The Morgan fingerprint density at radius 1 is 1.26 bits per heavy atom. The maximum atomic E-state index is 13.1. The Bertz CT molecular complexity index is 796. The van der Waals surface area contributed by atoms with Crippen LogP contribution in [-0.2, 0) is 9.84 Å². The van der Waals surface area contributed by atoms with E-state index >= 15 is 0 Å². The molecule has 2 unspecified atom stereocenters. The van der Waals surface area contributed by atoms with Crippen molar-refractivity contribution in [3.8, 4) is 0 Å². The summed E-state index contributed by atoms with van der Waals surface area (Å²) in [5.41, 5.74) is 1.14. The first-order valence-corrected chi connectivity index (χ1v) is 11.8. The van der Waals surface area contributed by atoms with Crippen LogP contribution in [0.1, 0.15) is 62.1 Å². The molecule has 0 saturated carbocycles. The number of sulfone groups is 1. The molecule has 0 bridgehead atoms. The molecule has 2 fully saturated rings. The number of carbonyl (C=O) groups is 1. The van der Waals surface area contributed by atoms with Crippen LogP contribution in [0.15, 0.2) is 6.07 Å². The zero-order chi connectivity index (χ0) is 19.6. The van der Waals surface area contributed by atoms with Crippen molar-refractivity contribution in [1.29, 1.82) is 0 Å². The normalized spacial score (nSPS) is 24.8. The smallest absolute Gasteiger partial charge is 0.272 e. The SMILES string of the molecule is CCC1CCCCN1C(=O)c1cc(C)nc(N(CC)C2CCS(=O)(=O)C2)n1. The maximum Gasteiger partial charge on any atom is 0.272 e. The van der Waals surface area contributed by atoms with Gasteiger partial charge in [-0.25, -0.2) is 18.4 Å². The summed E-state index contributed by atoms with van der Waals surface area (Å²) in [6, 6.07) is 1.89. The molecular formula is C19H30N4O3S. The van der Waals surface area contributed by atoms with Crippen LogP contribution in [-0.4, -0.2) is 65.9 Å². The van der Waals surface area contributed by atoms with E-state index in [2.05, 4.69) is 16.9 Å². The predicted octanol–water partition coefficient (Wildman–Crippen LogP) is 2.20. The number of amides is 1. The largest absolute Gasteiger partial charge is 0.337 e. The fourth-order valence-electron chi connectivity index (χ4n) is 4.21. The van der Waals surface area contributed by atoms with Gasteiger partial charge in [-0.3, -0.25) is 4.79 Å². The van der Waals surface area contributed by atoms with Crippen molar-refractivity contribution in [3.63, 3.8) is 0 Å². The molecule has 0 radical (unpaired) electrons. The quantitative estimate of drug-likeness (QED) is 0.761. The molecule has 7 nitrogen and oxygen atoms in total. The highest BCUT2D eigenvalue weighted by atomic mass is 32.2. The second-order valence-electron chi connectivity index (χ2n) is 7.59. The summed E-state index contributed by atoms with van der Waals surface area (Å²) < 4.78 is 23.8. The van der Waals surface area contributed by atoms with Crippen LogP contribution in [0.4, 0.5) is 5.95 Å². The van der Waals surface area contributed by atoms with E-state index in [0.29, 0.717) is 24.6 Å². The molecule has 3 heterocycles. The van der Waals surface area contributed by atoms with Crippen LogP contribution >= 0.6 is 0 Å². The lowest BCUT2D eigenvalue weighted by molar-refractivity contribution is 0.0601. The number of carbonyl (C=O) groups excluding carboxylic acids is 1. The van der Waals surface area contributed by atoms with Gasteiger partial charge in [-0.15, -0.1) is 0 Å². The first-order valence-electron chi connectivity index (χ1n) is 9.98. The van der Waals surface area contributed by atoms with E-state index in [-0.39, 0.29) is 29.5 Å². The van der Waals surface area contributed by atoms with Crippen molar-refractivity contribution < 1.29 is 13.2 Å². The fraction of sp³-hybridized carbons (Fsp3) is 0.737. The van der Waals surface area contributed by atoms with Gasteiger partial charge in [0.2, 0.25) is 5.95 Å². The first kappa shape index (κ1) is 20.0. The molecule has 1 aromatic heterocycles. The van der Waals surface area contributed by atoms with Crippen LogP contribution in [0.5, 0.6) is 0 Å². The Morgan fingerprint density at radius 3 is 2.67 bits per heavy atom. The molecule has 2 aliphatic heterocycles.